The zero-order chi connectivity index (χ0) is 8.97. The van der Waals surface area contributed by atoms with Crippen molar-refractivity contribution in [2.75, 3.05) is 13.6 Å². The van der Waals surface area contributed by atoms with Gasteiger partial charge in [0.25, 0.3) is 6.43 Å². The monoisotopic (exact) mass is 177 g/mol. The Morgan fingerprint density at radius 2 is 1.83 bits per heavy atom. The van der Waals surface area contributed by atoms with Crippen LogP contribution in [-0.2, 0) is 0 Å². The molecule has 0 saturated heterocycles. The van der Waals surface area contributed by atoms with Gasteiger partial charge in [0.05, 0.1) is 6.54 Å². The first-order chi connectivity index (χ1) is 5.70. The summed E-state index contributed by atoms with van der Waals surface area (Å²) in [4.78, 5) is 1.81. The third-order valence-electron chi connectivity index (χ3n) is 2.62. The molecule has 0 aliphatic heterocycles. The second kappa shape index (κ2) is 4.75. The maximum atomic E-state index is 12.0. The smallest absolute Gasteiger partial charge is 0.251 e. The highest BCUT2D eigenvalue weighted by Gasteiger charge is 2.19. The maximum Gasteiger partial charge on any atom is 0.251 e. The molecule has 0 aromatic carbocycles. The van der Waals surface area contributed by atoms with Gasteiger partial charge in [-0.1, -0.05) is 19.3 Å². The van der Waals surface area contributed by atoms with Crippen molar-refractivity contribution in [1.29, 1.82) is 0 Å². The molecule has 0 aromatic heterocycles. The van der Waals surface area contributed by atoms with Gasteiger partial charge >= 0.3 is 0 Å². The topological polar surface area (TPSA) is 3.24 Å². The Hall–Kier alpha value is -0.180. The van der Waals surface area contributed by atoms with Crippen LogP contribution in [0.4, 0.5) is 8.78 Å². The zero-order valence-corrected chi connectivity index (χ0v) is 7.60. The molecule has 0 unspecified atom stereocenters. The molecule has 1 aliphatic carbocycles. The number of alkyl halides is 2. The molecule has 1 nitrogen and oxygen atoms in total. The third kappa shape index (κ3) is 3.05. The van der Waals surface area contributed by atoms with Gasteiger partial charge in [-0.05, 0) is 19.9 Å². The summed E-state index contributed by atoms with van der Waals surface area (Å²) in [5.74, 6) is 0. The van der Waals surface area contributed by atoms with Gasteiger partial charge in [-0.3, -0.25) is 4.90 Å². The third-order valence-corrected chi connectivity index (χ3v) is 2.62. The van der Waals surface area contributed by atoms with Crippen LogP contribution in [0, 0.1) is 0 Å². The van der Waals surface area contributed by atoms with Gasteiger partial charge in [0.1, 0.15) is 0 Å². The molecular formula is C9H17F2N. The van der Waals surface area contributed by atoms with Crippen LogP contribution in [0.2, 0.25) is 0 Å². The SMILES string of the molecule is CN(CC(F)F)C1CCCCC1. The molecule has 0 spiro atoms. The minimum Gasteiger partial charge on any atom is -0.298 e. The normalized spacial score (nSPS) is 20.8. The van der Waals surface area contributed by atoms with E-state index in [1.807, 2.05) is 11.9 Å². The van der Waals surface area contributed by atoms with Crippen molar-refractivity contribution in [2.24, 2.45) is 0 Å². The van der Waals surface area contributed by atoms with Crippen LogP contribution >= 0.6 is 0 Å². The van der Waals surface area contributed by atoms with Crippen LogP contribution in [0.25, 0.3) is 0 Å². The second-order valence-corrected chi connectivity index (χ2v) is 3.62. The molecule has 0 aromatic rings. The fraction of sp³-hybridized carbons (Fsp3) is 1.00. The van der Waals surface area contributed by atoms with Crippen molar-refractivity contribution in [2.45, 2.75) is 44.6 Å². The molecule has 0 radical (unpaired) electrons. The van der Waals surface area contributed by atoms with E-state index in [0.29, 0.717) is 6.04 Å². The minimum atomic E-state index is -2.18. The summed E-state index contributed by atoms with van der Waals surface area (Å²) in [5.41, 5.74) is 0. The lowest BCUT2D eigenvalue weighted by Crippen LogP contribution is -2.36. The average Bonchev–Trinajstić information content (AvgIpc) is 2.05. The van der Waals surface area contributed by atoms with Crippen LogP contribution in [0.1, 0.15) is 32.1 Å². The van der Waals surface area contributed by atoms with Gasteiger partial charge in [-0.2, -0.15) is 0 Å². The summed E-state index contributed by atoms with van der Waals surface area (Å²) in [7, 11) is 1.81. The van der Waals surface area contributed by atoms with Gasteiger partial charge in [0, 0.05) is 6.04 Å². The standard InChI is InChI=1S/C9H17F2N/c1-12(7-9(10)11)8-5-3-2-4-6-8/h8-9H,2-7H2,1H3. The van der Waals surface area contributed by atoms with E-state index in [4.69, 9.17) is 0 Å². The molecule has 1 rings (SSSR count). The fourth-order valence-corrected chi connectivity index (χ4v) is 1.89. The van der Waals surface area contributed by atoms with E-state index in [0.717, 1.165) is 12.8 Å². The van der Waals surface area contributed by atoms with Gasteiger partial charge in [0.2, 0.25) is 0 Å². The van der Waals surface area contributed by atoms with E-state index in [9.17, 15) is 8.78 Å². The van der Waals surface area contributed by atoms with E-state index in [1.165, 1.54) is 19.3 Å². The van der Waals surface area contributed by atoms with Crippen molar-refractivity contribution < 1.29 is 8.78 Å². The van der Waals surface area contributed by atoms with Crippen LogP contribution in [0.5, 0.6) is 0 Å². The molecule has 72 valence electrons. The van der Waals surface area contributed by atoms with E-state index in [-0.39, 0.29) is 6.54 Å². The van der Waals surface area contributed by atoms with Crippen molar-refractivity contribution in [3.05, 3.63) is 0 Å². The number of halogens is 2. The van der Waals surface area contributed by atoms with Crippen LogP contribution < -0.4 is 0 Å². The highest BCUT2D eigenvalue weighted by atomic mass is 19.3. The van der Waals surface area contributed by atoms with E-state index in [1.54, 1.807) is 0 Å². The summed E-state index contributed by atoms with van der Waals surface area (Å²) in [6.45, 7) is -0.0648. The summed E-state index contributed by atoms with van der Waals surface area (Å²) in [6.07, 6.45) is 3.71. The molecule has 0 atom stereocenters. The van der Waals surface area contributed by atoms with Gasteiger partial charge in [-0.15, -0.1) is 0 Å². The largest absolute Gasteiger partial charge is 0.298 e. The number of hydrogen-bond donors (Lipinski definition) is 0. The van der Waals surface area contributed by atoms with Gasteiger partial charge in [-0.25, -0.2) is 8.78 Å². The quantitative estimate of drug-likeness (QED) is 0.640. The zero-order valence-electron chi connectivity index (χ0n) is 7.60. The van der Waals surface area contributed by atoms with Crippen molar-refractivity contribution in [1.82, 2.24) is 4.90 Å². The first kappa shape index (κ1) is 9.90. The maximum absolute atomic E-state index is 12.0. The summed E-state index contributed by atoms with van der Waals surface area (Å²) in [6, 6.07) is 0.410. The summed E-state index contributed by atoms with van der Waals surface area (Å²) < 4.78 is 24.0. The second-order valence-electron chi connectivity index (χ2n) is 3.62. The van der Waals surface area contributed by atoms with E-state index < -0.39 is 6.43 Å². The molecule has 1 saturated carbocycles. The first-order valence-corrected chi connectivity index (χ1v) is 4.68. The summed E-state index contributed by atoms with van der Waals surface area (Å²) >= 11 is 0. The molecular weight excluding hydrogens is 160 g/mol. The molecule has 1 aliphatic rings. The molecule has 12 heavy (non-hydrogen) atoms. The van der Waals surface area contributed by atoms with Crippen LogP contribution in [-0.4, -0.2) is 31.0 Å². The lowest BCUT2D eigenvalue weighted by Gasteiger charge is -2.30. The Morgan fingerprint density at radius 1 is 1.25 bits per heavy atom. The van der Waals surface area contributed by atoms with Crippen LogP contribution in [0.3, 0.4) is 0 Å². The molecule has 0 heterocycles. The first-order valence-electron chi connectivity index (χ1n) is 4.68. The minimum absolute atomic E-state index is 0.0648. The van der Waals surface area contributed by atoms with Crippen molar-refractivity contribution in [3.63, 3.8) is 0 Å². The van der Waals surface area contributed by atoms with Crippen molar-refractivity contribution >= 4 is 0 Å². The fourth-order valence-electron chi connectivity index (χ4n) is 1.89. The van der Waals surface area contributed by atoms with Gasteiger partial charge in [0.15, 0.2) is 0 Å². The van der Waals surface area contributed by atoms with Gasteiger partial charge < -0.3 is 0 Å². The Morgan fingerprint density at radius 3 is 2.33 bits per heavy atom. The highest BCUT2D eigenvalue weighted by molar-refractivity contribution is 4.73. The van der Waals surface area contributed by atoms with E-state index >= 15 is 0 Å². The Balaban J connectivity index is 2.24. The molecule has 1 fully saturated rings. The van der Waals surface area contributed by atoms with E-state index in [2.05, 4.69) is 0 Å². The van der Waals surface area contributed by atoms with Crippen molar-refractivity contribution in [3.8, 4) is 0 Å². The lowest BCUT2D eigenvalue weighted by atomic mass is 9.94. The number of nitrogens with zero attached hydrogens (tertiary/aromatic N) is 1. The summed E-state index contributed by atoms with van der Waals surface area (Å²) in [5, 5.41) is 0. The van der Waals surface area contributed by atoms with Crippen LogP contribution in [0.15, 0.2) is 0 Å². The molecule has 0 N–H and O–H groups in total. The molecule has 0 amide bonds. The predicted molar refractivity (Wildman–Crippen MR) is 45.5 cm³/mol. The Kier molecular flexibility index (Phi) is 3.92. The lowest BCUT2D eigenvalue weighted by molar-refractivity contribution is 0.0707. The average molecular weight is 177 g/mol. The molecule has 0 bridgehead atoms. The highest BCUT2D eigenvalue weighted by Crippen LogP contribution is 2.21. The number of hydrogen-bond acceptors (Lipinski definition) is 1. The Bertz CT molecular complexity index is 122. The Labute approximate surface area is 72.7 Å². The molecule has 3 heteroatoms. The predicted octanol–water partition coefficient (Wildman–Crippen LogP) is 2.52. The number of rotatable bonds is 3.